The van der Waals surface area contributed by atoms with Gasteiger partial charge in [-0.1, -0.05) is 29.3 Å². The molecule has 0 aromatic heterocycles. The van der Waals surface area contributed by atoms with Crippen molar-refractivity contribution in [2.45, 2.75) is 6.37 Å². The fourth-order valence-corrected chi connectivity index (χ4v) is 1.36. The Labute approximate surface area is 112 Å². The predicted octanol–water partition coefficient (Wildman–Crippen LogP) is 1.76. The van der Waals surface area contributed by atoms with Gasteiger partial charge in [0.25, 0.3) is 5.91 Å². The molecule has 88 valence electrons. The zero-order chi connectivity index (χ0) is 13.2. The Morgan fingerprint density at radius 2 is 1.88 bits per heavy atom. The molecule has 4 N–H and O–H groups in total. The van der Waals surface area contributed by atoms with Gasteiger partial charge in [-0.15, -0.1) is 12.4 Å². The molecule has 4 nitrogen and oxygen atoms in total. The van der Waals surface area contributed by atoms with Gasteiger partial charge in [0.2, 0.25) is 0 Å². The van der Waals surface area contributed by atoms with Crippen molar-refractivity contribution in [2.24, 2.45) is 16.5 Å². The molecule has 7 heteroatoms. The smallest absolute Gasteiger partial charge is 0.253 e. The molecule has 0 saturated carbocycles. The van der Waals surface area contributed by atoms with E-state index in [4.69, 9.17) is 37.4 Å². The third-order valence-corrected chi connectivity index (χ3v) is 2.06. The van der Waals surface area contributed by atoms with E-state index in [1.807, 2.05) is 0 Å². The maximum absolute atomic E-state index is 11.5. The summed E-state index contributed by atoms with van der Waals surface area (Å²) in [5.41, 5.74) is 9.88. The second kappa shape index (κ2) is 6.58. The summed E-state index contributed by atoms with van der Waals surface area (Å²) in [5.74, 6) is -1.69. The van der Waals surface area contributed by atoms with Crippen LogP contribution < -0.4 is 11.5 Å². The van der Waals surface area contributed by atoms with E-state index in [9.17, 15) is 4.79 Å². The van der Waals surface area contributed by atoms with Gasteiger partial charge in [0.1, 0.15) is 0 Å². The Morgan fingerprint density at radius 1 is 1.38 bits per heavy atom. The molecule has 0 aliphatic rings. The summed E-state index contributed by atoms with van der Waals surface area (Å²) < 4.78 is 15.4. The second-order valence-electron chi connectivity index (χ2n) is 2.56. The topological polar surface area (TPSA) is 81.5 Å². The molecular weight excluding hydrogens is 272 g/mol. The number of hydrogen-bond donors (Lipinski definition) is 2. The first-order chi connectivity index (χ1) is 7.76. The third-order valence-electron chi connectivity index (χ3n) is 1.43. The van der Waals surface area contributed by atoms with Gasteiger partial charge in [-0.05, 0) is 17.7 Å². The first kappa shape index (κ1) is 11.5. The standard InChI is InChI=1S/C9H9Cl2N3O.ClH/c10-6-2-1-3-7(11)5(6)4-8(15)14-9(12)13;/h1-3H,4H2,(H4,12,13,14,15);1H/i4D2;. The van der Waals surface area contributed by atoms with E-state index in [2.05, 4.69) is 4.99 Å². The SMILES string of the molecule is Cl.[2H]C([2H])(C(=O)N=C(N)N)c1c(Cl)cccc1Cl. The summed E-state index contributed by atoms with van der Waals surface area (Å²) in [6, 6.07) is 4.38. The highest BCUT2D eigenvalue weighted by molar-refractivity contribution is 6.36. The Balaban J connectivity index is 0.00000289. The van der Waals surface area contributed by atoms with Crippen molar-refractivity contribution < 1.29 is 7.54 Å². The number of nitrogens with two attached hydrogens (primary N) is 2. The summed E-state index contributed by atoms with van der Waals surface area (Å²) in [5, 5.41) is 0.0586. The Morgan fingerprint density at radius 3 is 2.31 bits per heavy atom. The van der Waals surface area contributed by atoms with E-state index in [0.29, 0.717) is 0 Å². The molecule has 0 aliphatic carbocycles. The van der Waals surface area contributed by atoms with Crippen LogP contribution in [0.2, 0.25) is 10.0 Å². The molecular formula is C9H10Cl3N3O. The Hall–Kier alpha value is -0.970. The highest BCUT2D eigenvalue weighted by atomic mass is 35.5. The fraction of sp³-hybridized carbons (Fsp3) is 0.111. The maximum Gasteiger partial charge on any atom is 0.253 e. The van der Waals surface area contributed by atoms with Crippen LogP contribution in [-0.4, -0.2) is 11.9 Å². The number of hydrogen-bond acceptors (Lipinski definition) is 1. The van der Waals surface area contributed by atoms with E-state index < -0.39 is 18.2 Å². The highest BCUT2D eigenvalue weighted by Crippen LogP contribution is 2.24. The van der Waals surface area contributed by atoms with Crippen molar-refractivity contribution in [1.29, 1.82) is 0 Å². The van der Waals surface area contributed by atoms with Crippen LogP contribution in [0.1, 0.15) is 8.30 Å². The molecule has 0 fully saturated rings. The number of aliphatic imine (C=N–C) groups is 1. The monoisotopic (exact) mass is 283 g/mol. The Kier molecular flexibility index (Phi) is 4.73. The Bertz CT molecular complexity index is 470. The lowest BCUT2D eigenvalue weighted by Crippen LogP contribution is -2.24. The molecule has 0 atom stereocenters. The summed E-state index contributed by atoms with van der Waals surface area (Å²) >= 11 is 11.6. The second-order valence-corrected chi connectivity index (χ2v) is 3.38. The van der Waals surface area contributed by atoms with E-state index in [-0.39, 0.29) is 28.0 Å². The van der Waals surface area contributed by atoms with Crippen LogP contribution in [0.5, 0.6) is 0 Å². The van der Waals surface area contributed by atoms with E-state index >= 15 is 0 Å². The van der Waals surface area contributed by atoms with E-state index in [1.165, 1.54) is 18.2 Å². The lowest BCUT2D eigenvalue weighted by Gasteiger charge is -2.03. The zero-order valence-corrected chi connectivity index (χ0v) is 10.2. The minimum absolute atomic E-state index is 0. The fourth-order valence-electron chi connectivity index (χ4n) is 0.869. The van der Waals surface area contributed by atoms with Crippen molar-refractivity contribution in [3.8, 4) is 0 Å². The number of guanidine groups is 1. The first-order valence-corrected chi connectivity index (χ1v) is 4.61. The molecule has 1 amide bonds. The average molecular weight is 285 g/mol. The van der Waals surface area contributed by atoms with Gasteiger partial charge in [-0.25, -0.2) is 0 Å². The molecule has 0 unspecified atom stereocenters. The average Bonchev–Trinajstić information content (AvgIpc) is 2.15. The van der Waals surface area contributed by atoms with Gasteiger partial charge >= 0.3 is 0 Å². The zero-order valence-electron chi connectivity index (χ0n) is 9.91. The van der Waals surface area contributed by atoms with Crippen LogP contribution in [0.4, 0.5) is 0 Å². The lowest BCUT2D eigenvalue weighted by atomic mass is 10.1. The normalized spacial score (nSPS) is 11.9. The number of carbonyl (C=O) groups excluding carboxylic acids is 1. The lowest BCUT2D eigenvalue weighted by molar-refractivity contribution is -0.117. The van der Waals surface area contributed by atoms with Crippen LogP contribution in [0.25, 0.3) is 0 Å². The molecule has 0 bridgehead atoms. The summed E-state index contributed by atoms with van der Waals surface area (Å²) in [4.78, 5) is 14.7. The van der Waals surface area contributed by atoms with E-state index in [0.717, 1.165) is 0 Å². The van der Waals surface area contributed by atoms with Crippen LogP contribution in [0, 0.1) is 0 Å². The molecule has 1 rings (SSSR count). The molecule has 0 spiro atoms. The summed E-state index contributed by atoms with van der Waals surface area (Å²) in [6.07, 6.45) is -2.49. The third kappa shape index (κ3) is 4.26. The molecule has 0 aliphatic heterocycles. The molecule has 1 aromatic rings. The van der Waals surface area contributed by atoms with E-state index in [1.54, 1.807) is 0 Å². The first-order valence-electron chi connectivity index (χ1n) is 4.85. The van der Waals surface area contributed by atoms with Crippen LogP contribution in [-0.2, 0) is 11.2 Å². The number of halogens is 3. The van der Waals surface area contributed by atoms with Crippen molar-refractivity contribution in [3.63, 3.8) is 0 Å². The van der Waals surface area contributed by atoms with Crippen molar-refractivity contribution in [2.75, 3.05) is 0 Å². The minimum atomic E-state index is -2.49. The number of rotatable bonds is 2. The summed E-state index contributed by atoms with van der Waals surface area (Å²) in [6.45, 7) is 0. The van der Waals surface area contributed by atoms with Gasteiger partial charge < -0.3 is 11.5 Å². The van der Waals surface area contributed by atoms with Crippen molar-refractivity contribution in [1.82, 2.24) is 0 Å². The predicted molar refractivity (Wildman–Crippen MR) is 68.2 cm³/mol. The largest absolute Gasteiger partial charge is 0.370 e. The minimum Gasteiger partial charge on any atom is -0.370 e. The van der Waals surface area contributed by atoms with Crippen LogP contribution >= 0.6 is 35.6 Å². The molecule has 1 aromatic carbocycles. The molecule has 0 heterocycles. The maximum atomic E-state index is 11.5. The van der Waals surface area contributed by atoms with Gasteiger partial charge in [-0.2, -0.15) is 4.99 Å². The molecule has 0 radical (unpaired) electrons. The number of amides is 1. The van der Waals surface area contributed by atoms with Crippen molar-refractivity contribution >= 4 is 47.5 Å². The number of carbonyl (C=O) groups is 1. The van der Waals surface area contributed by atoms with Gasteiger partial charge in [-0.3, -0.25) is 4.79 Å². The highest BCUT2D eigenvalue weighted by Gasteiger charge is 2.09. The van der Waals surface area contributed by atoms with Gasteiger partial charge in [0.15, 0.2) is 5.96 Å². The number of nitrogens with zero attached hydrogens (tertiary/aromatic N) is 1. The van der Waals surface area contributed by atoms with Crippen LogP contribution in [0.15, 0.2) is 23.2 Å². The molecule has 0 saturated heterocycles. The summed E-state index contributed by atoms with van der Waals surface area (Å²) in [7, 11) is 0. The van der Waals surface area contributed by atoms with Crippen molar-refractivity contribution in [3.05, 3.63) is 33.8 Å². The van der Waals surface area contributed by atoms with Crippen LogP contribution in [0.3, 0.4) is 0 Å². The molecule has 16 heavy (non-hydrogen) atoms. The van der Waals surface area contributed by atoms with Gasteiger partial charge in [0, 0.05) is 12.8 Å². The van der Waals surface area contributed by atoms with Gasteiger partial charge in [0.05, 0.1) is 6.37 Å². The quantitative estimate of drug-likeness (QED) is 0.641. The number of benzene rings is 1.